The largest absolute Gasteiger partial charge is 0.497 e. The SMILES string of the molecule is COC(=O)CSC1=N/C(=C\c2ccc(OC)cc2)C(=O)N1Cc1ccccc1. The summed E-state index contributed by atoms with van der Waals surface area (Å²) in [6, 6.07) is 17.0. The molecule has 1 heterocycles. The molecule has 0 saturated heterocycles. The van der Waals surface area contributed by atoms with Gasteiger partial charge in [-0.25, -0.2) is 4.99 Å². The fourth-order valence-electron chi connectivity index (χ4n) is 2.59. The molecule has 6 nitrogen and oxygen atoms in total. The summed E-state index contributed by atoms with van der Waals surface area (Å²) in [4.78, 5) is 30.5. The number of amides is 1. The quantitative estimate of drug-likeness (QED) is 0.553. The van der Waals surface area contributed by atoms with Crippen molar-refractivity contribution in [1.29, 1.82) is 0 Å². The van der Waals surface area contributed by atoms with E-state index >= 15 is 0 Å². The van der Waals surface area contributed by atoms with E-state index in [0.717, 1.165) is 16.9 Å². The number of rotatable bonds is 6. The van der Waals surface area contributed by atoms with Gasteiger partial charge in [0, 0.05) is 0 Å². The van der Waals surface area contributed by atoms with Gasteiger partial charge >= 0.3 is 5.97 Å². The van der Waals surface area contributed by atoms with Crippen LogP contribution in [0.2, 0.25) is 0 Å². The first kappa shape index (κ1) is 19.7. The highest BCUT2D eigenvalue weighted by molar-refractivity contribution is 8.14. The van der Waals surface area contributed by atoms with Crippen molar-refractivity contribution in [2.75, 3.05) is 20.0 Å². The number of hydrogen-bond acceptors (Lipinski definition) is 6. The lowest BCUT2D eigenvalue weighted by Gasteiger charge is -2.17. The Labute approximate surface area is 167 Å². The molecule has 0 aliphatic carbocycles. The zero-order chi connectivity index (χ0) is 19.9. The van der Waals surface area contributed by atoms with E-state index in [0.29, 0.717) is 17.4 Å². The van der Waals surface area contributed by atoms with Gasteiger partial charge in [0.05, 0.1) is 26.5 Å². The summed E-state index contributed by atoms with van der Waals surface area (Å²) in [6.45, 7) is 0.382. The summed E-state index contributed by atoms with van der Waals surface area (Å²) >= 11 is 1.19. The maximum Gasteiger partial charge on any atom is 0.316 e. The molecule has 0 bridgehead atoms. The Morgan fingerprint density at radius 1 is 1.11 bits per heavy atom. The van der Waals surface area contributed by atoms with Crippen LogP contribution in [0.3, 0.4) is 0 Å². The second-order valence-electron chi connectivity index (χ2n) is 5.94. The molecular formula is C21H20N2O4S. The van der Waals surface area contributed by atoms with E-state index in [1.54, 1.807) is 18.1 Å². The molecule has 0 fully saturated rings. The molecular weight excluding hydrogens is 376 g/mol. The van der Waals surface area contributed by atoms with Crippen molar-refractivity contribution in [3.05, 3.63) is 71.4 Å². The Morgan fingerprint density at radius 3 is 2.46 bits per heavy atom. The lowest BCUT2D eigenvalue weighted by atomic mass is 10.1. The number of thioether (sulfide) groups is 1. The number of methoxy groups -OCH3 is 2. The number of carbonyl (C=O) groups excluding carboxylic acids is 2. The number of nitrogens with zero attached hydrogens (tertiary/aromatic N) is 2. The van der Waals surface area contributed by atoms with Crippen molar-refractivity contribution in [3.63, 3.8) is 0 Å². The number of aliphatic imine (C=N–C) groups is 1. The minimum atomic E-state index is -0.368. The standard InChI is InChI=1S/C21H20N2O4S/c1-26-17-10-8-15(9-11-17)12-18-20(25)23(13-16-6-4-3-5-7-16)21(22-18)28-14-19(24)27-2/h3-12H,13-14H2,1-2H3/b18-12-. The fraction of sp³-hybridized carbons (Fsp3) is 0.190. The first-order valence-electron chi connectivity index (χ1n) is 8.60. The van der Waals surface area contributed by atoms with Gasteiger partial charge in [-0.2, -0.15) is 0 Å². The molecule has 0 saturated carbocycles. The summed E-state index contributed by atoms with van der Waals surface area (Å²) < 4.78 is 9.85. The van der Waals surface area contributed by atoms with Crippen molar-refractivity contribution in [2.24, 2.45) is 4.99 Å². The van der Waals surface area contributed by atoms with Gasteiger partial charge in [0.25, 0.3) is 5.91 Å². The summed E-state index contributed by atoms with van der Waals surface area (Å²) in [5.74, 6) is 0.256. The van der Waals surface area contributed by atoms with Gasteiger partial charge in [-0.05, 0) is 29.3 Å². The Balaban J connectivity index is 1.85. The minimum Gasteiger partial charge on any atom is -0.497 e. The average Bonchev–Trinajstić information content (AvgIpc) is 3.02. The van der Waals surface area contributed by atoms with Crippen LogP contribution in [0.15, 0.2) is 65.3 Å². The van der Waals surface area contributed by atoms with E-state index in [1.165, 1.54) is 18.9 Å². The van der Waals surface area contributed by atoms with Gasteiger partial charge < -0.3 is 9.47 Å². The fourth-order valence-corrected chi connectivity index (χ4v) is 3.42. The molecule has 2 aromatic rings. The van der Waals surface area contributed by atoms with Crippen molar-refractivity contribution in [1.82, 2.24) is 4.90 Å². The van der Waals surface area contributed by atoms with E-state index in [9.17, 15) is 9.59 Å². The van der Waals surface area contributed by atoms with E-state index in [-0.39, 0.29) is 17.6 Å². The summed E-state index contributed by atoms with van der Waals surface area (Å²) in [6.07, 6.45) is 1.73. The van der Waals surface area contributed by atoms with Crippen LogP contribution in [0.4, 0.5) is 0 Å². The van der Waals surface area contributed by atoms with Crippen LogP contribution in [0.1, 0.15) is 11.1 Å². The maximum atomic E-state index is 13.0. The second kappa shape index (κ2) is 9.23. The molecule has 0 aromatic heterocycles. The summed E-state index contributed by atoms with van der Waals surface area (Å²) in [7, 11) is 2.94. The summed E-state index contributed by atoms with van der Waals surface area (Å²) in [5, 5.41) is 0.485. The van der Waals surface area contributed by atoms with Gasteiger partial charge in [-0.3, -0.25) is 14.5 Å². The third-order valence-electron chi connectivity index (χ3n) is 4.06. The third kappa shape index (κ3) is 4.80. The molecule has 28 heavy (non-hydrogen) atoms. The zero-order valence-electron chi connectivity index (χ0n) is 15.6. The normalized spacial score (nSPS) is 14.9. The number of ether oxygens (including phenoxy) is 2. The predicted molar refractivity (Wildman–Crippen MR) is 110 cm³/mol. The number of benzene rings is 2. The van der Waals surface area contributed by atoms with E-state index in [1.807, 2.05) is 54.6 Å². The first-order valence-corrected chi connectivity index (χ1v) is 9.59. The zero-order valence-corrected chi connectivity index (χ0v) is 16.4. The monoisotopic (exact) mass is 396 g/mol. The molecule has 0 radical (unpaired) electrons. The molecule has 7 heteroatoms. The van der Waals surface area contributed by atoms with Crippen molar-refractivity contribution >= 4 is 34.9 Å². The second-order valence-corrected chi connectivity index (χ2v) is 6.88. The topological polar surface area (TPSA) is 68.2 Å². The molecule has 1 aliphatic rings. The van der Waals surface area contributed by atoms with Gasteiger partial charge in [-0.1, -0.05) is 54.2 Å². The van der Waals surface area contributed by atoms with Crippen LogP contribution < -0.4 is 4.74 Å². The van der Waals surface area contributed by atoms with Gasteiger partial charge in [-0.15, -0.1) is 0 Å². The molecule has 0 atom stereocenters. The molecule has 0 N–H and O–H groups in total. The Bertz CT molecular complexity index is 908. The average molecular weight is 396 g/mol. The Morgan fingerprint density at radius 2 is 1.82 bits per heavy atom. The smallest absolute Gasteiger partial charge is 0.316 e. The molecule has 1 aliphatic heterocycles. The number of esters is 1. The summed E-state index contributed by atoms with van der Waals surface area (Å²) in [5.41, 5.74) is 2.15. The van der Waals surface area contributed by atoms with Crippen LogP contribution in [0.25, 0.3) is 6.08 Å². The van der Waals surface area contributed by atoms with Gasteiger partial charge in [0.15, 0.2) is 5.17 Å². The Kier molecular flexibility index (Phi) is 6.49. The van der Waals surface area contributed by atoms with Crippen molar-refractivity contribution in [2.45, 2.75) is 6.54 Å². The number of carbonyl (C=O) groups is 2. The lowest BCUT2D eigenvalue weighted by Crippen LogP contribution is -2.30. The molecule has 1 amide bonds. The maximum absolute atomic E-state index is 13.0. The third-order valence-corrected chi connectivity index (χ3v) is 5.01. The van der Waals surface area contributed by atoms with Crippen molar-refractivity contribution in [3.8, 4) is 5.75 Å². The highest BCUT2D eigenvalue weighted by Crippen LogP contribution is 2.26. The van der Waals surface area contributed by atoms with Crippen LogP contribution in [0.5, 0.6) is 5.75 Å². The number of amidine groups is 1. The van der Waals surface area contributed by atoms with Crippen LogP contribution >= 0.6 is 11.8 Å². The van der Waals surface area contributed by atoms with E-state index < -0.39 is 0 Å². The highest BCUT2D eigenvalue weighted by Gasteiger charge is 2.31. The molecule has 144 valence electrons. The number of hydrogen-bond donors (Lipinski definition) is 0. The van der Waals surface area contributed by atoms with Crippen molar-refractivity contribution < 1.29 is 19.1 Å². The predicted octanol–water partition coefficient (Wildman–Crippen LogP) is 3.34. The minimum absolute atomic E-state index is 0.0870. The van der Waals surface area contributed by atoms with Gasteiger partial charge in [0.2, 0.25) is 0 Å². The van der Waals surface area contributed by atoms with Gasteiger partial charge in [0.1, 0.15) is 11.4 Å². The Hall–Kier alpha value is -3.06. The molecule has 0 spiro atoms. The van der Waals surface area contributed by atoms with E-state index in [2.05, 4.69) is 4.99 Å². The molecule has 0 unspecified atom stereocenters. The molecule has 3 rings (SSSR count). The first-order chi connectivity index (χ1) is 13.6. The van der Waals surface area contributed by atoms with E-state index in [4.69, 9.17) is 9.47 Å². The highest BCUT2D eigenvalue weighted by atomic mass is 32.2. The lowest BCUT2D eigenvalue weighted by molar-refractivity contribution is -0.137. The molecule has 2 aromatic carbocycles. The van der Waals surface area contributed by atoms with Crippen LogP contribution in [0, 0.1) is 0 Å². The van der Waals surface area contributed by atoms with Crippen LogP contribution in [-0.4, -0.2) is 41.9 Å². The van der Waals surface area contributed by atoms with Crippen LogP contribution in [-0.2, 0) is 20.9 Å².